The topological polar surface area (TPSA) is 0 Å². The molecule has 0 heterocycles. The average molecular weight is 336 g/mol. The molecule has 0 radical (unpaired) electrons. The van der Waals surface area contributed by atoms with E-state index in [1.165, 1.54) is 21.5 Å². The SMILES string of the molecule is CC(C)c1ccc(P(=S)(c2ccccc2)c2ccccc2)cc1. The van der Waals surface area contributed by atoms with Crippen LogP contribution in [0.4, 0.5) is 0 Å². The van der Waals surface area contributed by atoms with Crippen LogP contribution in [0.15, 0.2) is 84.9 Å². The van der Waals surface area contributed by atoms with Gasteiger partial charge in [-0.3, -0.25) is 0 Å². The summed E-state index contributed by atoms with van der Waals surface area (Å²) in [4.78, 5) is 0. The second-order valence-electron chi connectivity index (χ2n) is 6.03. The summed E-state index contributed by atoms with van der Waals surface area (Å²) >= 11 is 6.32. The molecule has 23 heavy (non-hydrogen) atoms. The lowest BCUT2D eigenvalue weighted by molar-refractivity contribution is 0.867. The number of hydrogen-bond acceptors (Lipinski definition) is 1. The fourth-order valence-electron chi connectivity index (χ4n) is 2.79. The molecule has 2 heteroatoms. The first kappa shape index (κ1) is 16.2. The van der Waals surface area contributed by atoms with Crippen LogP contribution >= 0.6 is 6.04 Å². The first-order valence-electron chi connectivity index (χ1n) is 7.94. The van der Waals surface area contributed by atoms with E-state index in [0.717, 1.165) is 0 Å². The van der Waals surface area contributed by atoms with Crippen LogP contribution in [0.1, 0.15) is 25.3 Å². The molecule has 0 aliphatic carbocycles. The van der Waals surface area contributed by atoms with Gasteiger partial charge in [0, 0.05) is 6.04 Å². The van der Waals surface area contributed by atoms with E-state index in [-0.39, 0.29) is 0 Å². The zero-order chi connectivity index (χ0) is 16.3. The molecule has 0 atom stereocenters. The van der Waals surface area contributed by atoms with Crippen molar-refractivity contribution in [2.75, 3.05) is 0 Å². The van der Waals surface area contributed by atoms with Gasteiger partial charge in [-0.2, -0.15) is 0 Å². The Morgan fingerprint density at radius 2 is 1.00 bits per heavy atom. The predicted molar refractivity (Wildman–Crippen MR) is 107 cm³/mol. The molecule has 0 fully saturated rings. The van der Waals surface area contributed by atoms with Crippen LogP contribution in [-0.2, 0) is 11.8 Å². The third-order valence-electron chi connectivity index (χ3n) is 4.16. The van der Waals surface area contributed by atoms with Gasteiger partial charge in [-0.25, -0.2) is 0 Å². The molecule has 0 amide bonds. The molecule has 3 aromatic carbocycles. The molecule has 0 aromatic heterocycles. The van der Waals surface area contributed by atoms with Crippen LogP contribution in [0.3, 0.4) is 0 Å². The molecular weight excluding hydrogens is 315 g/mol. The highest BCUT2D eigenvalue weighted by Gasteiger charge is 2.24. The van der Waals surface area contributed by atoms with E-state index in [4.69, 9.17) is 11.8 Å². The zero-order valence-electron chi connectivity index (χ0n) is 13.5. The van der Waals surface area contributed by atoms with Crippen molar-refractivity contribution in [1.29, 1.82) is 0 Å². The Labute approximate surface area is 144 Å². The van der Waals surface area contributed by atoms with Crippen molar-refractivity contribution < 1.29 is 0 Å². The second kappa shape index (κ2) is 6.83. The summed E-state index contributed by atoms with van der Waals surface area (Å²) in [6.45, 7) is 4.44. The lowest BCUT2D eigenvalue weighted by Crippen LogP contribution is -2.24. The van der Waals surface area contributed by atoms with Crippen molar-refractivity contribution in [2.45, 2.75) is 19.8 Å². The molecule has 0 bridgehead atoms. The van der Waals surface area contributed by atoms with Crippen LogP contribution in [0, 0.1) is 0 Å². The highest BCUT2D eigenvalue weighted by Crippen LogP contribution is 2.42. The molecule has 0 aliphatic rings. The Kier molecular flexibility index (Phi) is 4.80. The van der Waals surface area contributed by atoms with Gasteiger partial charge in [-0.1, -0.05) is 111 Å². The van der Waals surface area contributed by atoms with E-state index in [9.17, 15) is 0 Å². The maximum Gasteiger partial charge on any atom is 0.0379 e. The molecule has 0 spiro atoms. The van der Waals surface area contributed by atoms with Crippen molar-refractivity contribution in [3.05, 3.63) is 90.5 Å². The van der Waals surface area contributed by atoms with Crippen molar-refractivity contribution in [2.24, 2.45) is 0 Å². The number of benzene rings is 3. The van der Waals surface area contributed by atoms with Gasteiger partial charge in [-0.15, -0.1) is 0 Å². The minimum absolute atomic E-state index is 0.537. The molecule has 0 aliphatic heterocycles. The fraction of sp³-hybridized carbons (Fsp3) is 0.143. The summed E-state index contributed by atoms with van der Waals surface area (Å²) in [7, 11) is 0. The summed E-state index contributed by atoms with van der Waals surface area (Å²) in [5, 5.41) is 3.76. The summed E-state index contributed by atoms with van der Waals surface area (Å²) in [5.74, 6) is 0.537. The van der Waals surface area contributed by atoms with E-state index in [0.29, 0.717) is 5.92 Å². The Hall–Kier alpha value is -1.69. The monoisotopic (exact) mass is 336 g/mol. The molecule has 0 unspecified atom stereocenters. The first-order chi connectivity index (χ1) is 11.1. The van der Waals surface area contributed by atoms with E-state index in [1.807, 2.05) is 0 Å². The van der Waals surface area contributed by atoms with Gasteiger partial charge < -0.3 is 0 Å². The molecule has 0 nitrogen and oxygen atoms in total. The van der Waals surface area contributed by atoms with E-state index >= 15 is 0 Å². The van der Waals surface area contributed by atoms with Crippen LogP contribution in [0.25, 0.3) is 0 Å². The van der Waals surface area contributed by atoms with Crippen molar-refractivity contribution in [3.8, 4) is 0 Å². The molecule has 0 N–H and O–H groups in total. The fourth-order valence-corrected chi connectivity index (χ4v) is 6.53. The van der Waals surface area contributed by atoms with Crippen LogP contribution in [0.2, 0.25) is 0 Å². The third-order valence-corrected chi connectivity index (χ3v) is 9.14. The molecule has 3 aromatic rings. The van der Waals surface area contributed by atoms with Crippen molar-refractivity contribution in [1.82, 2.24) is 0 Å². The van der Waals surface area contributed by atoms with Gasteiger partial charge in [0.05, 0.1) is 0 Å². The van der Waals surface area contributed by atoms with E-state index in [2.05, 4.69) is 98.8 Å². The van der Waals surface area contributed by atoms with Crippen molar-refractivity contribution >= 4 is 33.8 Å². The highest BCUT2D eigenvalue weighted by atomic mass is 32.4. The predicted octanol–water partition coefficient (Wildman–Crippen LogP) is 4.57. The average Bonchev–Trinajstić information content (AvgIpc) is 2.62. The third kappa shape index (κ3) is 3.17. The summed E-state index contributed by atoms with van der Waals surface area (Å²) in [6, 6.07) is 28.1. The standard InChI is InChI=1S/C21H21PS/c1-17(2)18-13-15-21(16-14-18)22(23,19-9-5-3-6-10-19)20-11-7-4-8-12-20/h3-17H,1-2H3. The maximum atomic E-state index is 6.32. The minimum Gasteiger partial charge on any atom is -0.0826 e. The molecule has 116 valence electrons. The van der Waals surface area contributed by atoms with Gasteiger partial charge in [-0.05, 0) is 27.4 Å². The maximum absolute atomic E-state index is 6.32. The van der Waals surface area contributed by atoms with Gasteiger partial charge in [0.25, 0.3) is 0 Å². The zero-order valence-corrected chi connectivity index (χ0v) is 15.2. The van der Waals surface area contributed by atoms with Crippen LogP contribution in [0.5, 0.6) is 0 Å². The van der Waals surface area contributed by atoms with Crippen LogP contribution in [-0.4, -0.2) is 0 Å². The summed E-state index contributed by atoms with van der Waals surface area (Å²) < 4.78 is 0. The first-order valence-corrected chi connectivity index (χ1v) is 10.7. The van der Waals surface area contributed by atoms with Gasteiger partial charge in [0.2, 0.25) is 0 Å². The van der Waals surface area contributed by atoms with Gasteiger partial charge >= 0.3 is 0 Å². The Morgan fingerprint density at radius 1 is 0.609 bits per heavy atom. The quantitative estimate of drug-likeness (QED) is 0.629. The Bertz CT molecular complexity index is 762. The second-order valence-corrected chi connectivity index (χ2v) is 10.4. The van der Waals surface area contributed by atoms with Crippen molar-refractivity contribution in [3.63, 3.8) is 0 Å². The molecule has 0 saturated carbocycles. The number of hydrogen-bond donors (Lipinski definition) is 0. The number of rotatable bonds is 4. The lowest BCUT2D eigenvalue weighted by atomic mass is 10.0. The largest absolute Gasteiger partial charge is 0.0826 e. The lowest BCUT2D eigenvalue weighted by Gasteiger charge is -2.24. The normalized spacial score (nSPS) is 11.6. The molecule has 0 saturated heterocycles. The Morgan fingerprint density at radius 3 is 1.39 bits per heavy atom. The van der Waals surface area contributed by atoms with E-state index < -0.39 is 6.04 Å². The molecular formula is C21H21PS. The smallest absolute Gasteiger partial charge is 0.0379 e. The highest BCUT2D eigenvalue weighted by molar-refractivity contribution is 8.25. The van der Waals surface area contributed by atoms with Gasteiger partial charge in [0.1, 0.15) is 0 Å². The summed E-state index contributed by atoms with van der Waals surface area (Å²) in [5.41, 5.74) is 1.36. The molecule has 3 rings (SSSR count). The Balaban J connectivity index is 2.19. The van der Waals surface area contributed by atoms with Gasteiger partial charge in [0.15, 0.2) is 0 Å². The minimum atomic E-state index is -1.99. The summed E-state index contributed by atoms with van der Waals surface area (Å²) in [6.07, 6.45) is 0. The van der Waals surface area contributed by atoms with Crippen LogP contribution < -0.4 is 15.9 Å². The van der Waals surface area contributed by atoms with E-state index in [1.54, 1.807) is 0 Å².